The van der Waals surface area contributed by atoms with Crippen molar-refractivity contribution in [1.29, 1.82) is 0 Å². The molecule has 0 bridgehead atoms. The average Bonchev–Trinajstić information content (AvgIpc) is 2.46. The molecular weight excluding hydrogens is 317 g/mol. The zero-order chi connectivity index (χ0) is 15.6. The van der Waals surface area contributed by atoms with Crippen molar-refractivity contribution < 1.29 is 14.7 Å². The van der Waals surface area contributed by atoms with Crippen LogP contribution in [0.3, 0.4) is 0 Å². The lowest BCUT2D eigenvalue weighted by Gasteiger charge is -2.36. The molecule has 2 heterocycles. The van der Waals surface area contributed by atoms with Crippen molar-refractivity contribution >= 4 is 35.1 Å². The predicted octanol–water partition coefficient (Wildman–Crippen LogP) is 1.62. The van der Waals surface area contributed by atoms with E-state index in [-0.39, 0.29) is 16.2 Å². The lowest BCUT2D eigenvalue weighted by atomic mass is 10.2. The molecule has 0 saturated carbocycles. The number of nitrogens with zero attached hydrogens (tertiary/aromatic N) is 3. The molecular formula is C13H15Cl2N3O3. The van der Waals surface area contributed by atoms with E-state index in [2.05, 4.69) is 4.98 Å². The van der Waals surface area contributed by atoms with E-state index in [1.807, 2.05) is 4.90 Å². The van der Waals surface area contributed by atoms with Crippen LogP contribution in [-0.2, 0) is 4.79 Å². The number of carboxylic acid groups (broad SMARTS) is 1. The minimum atomic E-state index is -0.861. The standard InChI is InChI=1S/C13H15Cl2N3O3/c1-8(13(20)21)17-4-6-18(7-5-17)12(19)9-2-3-10(14)16-11(9)15/h2-3,8H,4-7H2,1H3,(H,20,21). The molecule has 1 fully saturated rings. The van der Waals surface area contributed by atoms with E-state index in [1.165, 1.54) is 6.07 Å². The topological polar surface area (TPSA) is 73.7 Å². The fourth-order valence-corrected chi connectivity index (χ4v) is 2.64. The molecule has 1 unspecified atom stereocenters. The van der Waals surface area contributed by atoms with E-state index in [4.69, 9.17) is 28.3 Å². The molecule has 0 radical (unpaired) electrons. The third kappa shape index (κ3) is 3.64. The average molecular weight is 332 g/mol. The molecule has 1 atom stereocenters. The summed E-state index contributed by atoms with van der Waals surface area (Å²) in [6, 6.07) is 2.51. The Labute approximate surface area is 132 Å². The number of carbonyl (C=O) groups is 2. The van der Waals surface area contributed by atoms with Gasteiger partial charge in [-0.15, -0.1) is 0 Å². The van der Waals surface area contributed by atoms with Crippen molar-refractivity contribution in [3.8, 4) is 0 Å². The molecule has 1 aromatic rings. The Morgan fingerprint density at radius 2 is 1.86 bits per heavy atom. The van der Waals surface area contributed by atoms with Gasteiger partial charge in [-0.3, -0.25) is 14.5 Å². The number of rotatable bonds is 3. The van der Waals surface area contributed by atoms with Crippen LogP contribution in [0.5, 0.6) is 0 Å². The van der Waals surface area contributed by atoms with Crippen LogP contribution in [0.4, 0.5) is 0 Å². The Kier molecular flexibility index (Phi) is 5.03. The van der Waals surface area contributed by atoms with Crippen molar-refractivity contribution in [3.05, 3.63) is 28.0 Å². The molecule has 1 aromatic heterocycles. The van der Waals surface area contributed by atoms with E-state index in [9.17, 15) is 9.59 Å². The second-order valence-electron chi connectivity index (χ2n) is 4.81. The van der Waals surface area contributed by atoms with Gasteiger partial charge in [-0.1, -0.05) is 23.2 Å². The van der Waals surface area contributed by atoms with Crippen LogP contribution in [0.1, 0.15) is 17.3 Å². The number of carbonyl (C=O) groups excluding carboxylic acids is 1. The summed E-state index contributed by atoms with van der Waals surface area (Å²) in [7, 11) is 0. The first-order valence-corrected chi connectivity index (χ1v) is 7.24. The summed E-state index contributed by atoms with van der Waals surface area (Å²) in [4.78, 5) is 30.6. The molecule has 21 heavy (non-hydrogen) atoms. The molecule has 0 aliphatic carbocycles. The van der Waals surface area contributed by atoms with Crippen LogP contribution in [0, 0.1) is 0 Å². The number of hydrogen-bond acceptors (Lipinski definition) is 4. The molecule has 2 rings (SSSR count). The van der Waals surface area contributed by atoms with Gasteiger partial charge in [-0.05, 0) is 19.1 Å². The third-order valence-electron chi connectivity index (χ3n) is 3.55. The quantitative estimate of drug-likeness (QED) is 0.852. The second-order valence-corrected chi connectivity index (χ2v) is 5.56. The summed E-state index contributed by atoms with van der Waals surface area (Å²) >= 11 is 11.6. The third-order valence-corrected chi connectivity index (χ3v) is 4.05. The SMILES string of the molecule is CC(C(=O)O)N1CCN(C(=O)c2ccc(Cl)nc2Cl)CC1. The largest absolute Gasteiger partial charge is 0.480 e. The van der Waals surface area contributed by atoms with Gasteiger partial charge in [0.25, 0.3) is 5.91 Å². The van der Waals surface area contributed by atoms with Crippen LogP contribution >= 0.6 is 23.2 Å². The first-order chi connectivity index (χ1) is 9.90. The lowest BCUT2D eigenvalue weighted by molar-refractivity contribution is -0.143. The number of aliphatic carboxylic acids is 1. The minimum absolute atomic E-state index is 0.0776. The van der Waals surface area contributed by atoms with Gasteiger partial charge < -0.3 is 10.0 Å². The number of carboxylic acids is 1. The summed E-state index contributed by atoms with van der Waals surface area (Å²) in [5.74, 6) is -1.08. The highest BCUT2D eigenvalue weighted by atomic mass is 35.5. The summed E-state index contributed by atoms with van der Waals surface area (Å²) < 4.78 is 0. The maximum absolute atomic E-state index is 12.4. The molecule has 114 valence electrons. The van der Waals surface area contributed by atoms with Gasteiger partial charge in [0.2, 0.25) is 0 Å². The molecule has 1 saturated heterocycles. The van der Waals surface area contributed by atoms with Gasteiger partial charge in [0.05, 0.1) is 5.56 Å². The Balaban J connectivity index is 2.02. The fourth-order valence-electron chi connectivity index (χ4n) is 2.21. The van der Waals surface area contributed by atoms with Crippen molar-refractivity contribution in [1.82, 2.24) is 14.8 Å². The first kappa shape index (κ1) is 16.0. The molecule has 8 heteroatoms. The Morgan fingerprint density at radius 1 is 1.24 bits per heavy atom. The van der Waals surface area contributed by atoms with Gasteiger partial charge >= 0.3 is 5.97 Å². The smallest absolute Gasteiger partial charge is 0.320 e. The highest BCUT2D eigenvalue weighted by molar-refractivity contribution is 6.34. The highest BCUT2D eigenvalue weighted by Gasteiger charge is 2.28. The molecule has 0 aromatic carbocycles. The molecule has 0 spiro atoms. The van der Waals surface area contributed by atoms with Gasteiger partial charge in [0.1, 0.15) is 16.3 Å². The molecule has 1 aliphatic rings. The van der Waals surface area contributed by atoms with E-state index in [1.54, 1.807) is 17.9 Å². The fraction of sp³-hybridized carbons (Fsp3) is 0.462. The number of amides is 1. The molecule has 1 amide bonds. The van der Waals surface area contributed by atoms with E-state index in [0.717, 1.165) is 0 Å². The molecule has 6 nitrogen and oxygen atoms in total. The normalized spacial score (nSPS) is 17.6. The summed E-state index contributed by atoms with van der Waals surface area (Å²) in [6.07, 6.45) is 0. The van der Waals surface area contributed by atoms with E-state index < -0.39 is 12.0 Å². The van der Waals surface area contributed by atoms with Crippen LogP contribution in [-0.4, -0.2) is 64.0 Å². The van der Waals surface area contributed by atoms with Gasteiger partial charge in [-0.2, -0.15) is 0 Å². The number of hydrogen-bond donors (Lipinski definition) is 1. The van der Waals surface area contributed by atoms with Crippen LogP contribution in [0.25, 0.3) is 0 Å². The van der Waals surface area contributed by atoms with Gasteiger partial charge in [0.15, 0.2) is 0 Å². The van der Waals surface area contributed by atoms with Gasteiger partial charge in [0, 0.05) is 26.2 Å². The van der Waals surface area contributed by atoms with Crippen LogP contribution in [0.15, 0.2) is 12.1 Å². The maximum atomic E-state index is 12.4. The Bertz CT molecular complexity index is 560. The monoisotopic (exact) mass is 331 g/mol. The van der Waals surface area contributed by atoms with Crippen LogP contribution in [0.2, 0.25) is 10.3 Å². The number of halogens is 2. The van der Waals surface area contributed by atoms with Crippen molar-refractivity contribution in [2.24, 2.45) is 0 Å². The number of aromatic nitrogens is 1. The summed E-state index contributed by atoms with van der Waals surface area (Å²) in [6.45, 7) is 3.57. The minimum Gasteiger partial charge on any atom is -0.480 e. The van der Waals surface area contributed by atoms with E-state index in [0.29, 0.717) is 31.7 Å². The summed E-state index contributed by atoms with van der Waals surface area (Å²) in [5, 5.41) is 9.30. The van der Waals surface area contributed by atoms with Crippen molar-refractivity contribution in [2.75, 3.05) is 26.2 Å². The Morgan fingerprint density at radius 3 is 2.38 bits per heavy atom. The van der Waals surface area contributed by atoms with Gasteiger partial charge in [-0.25, -0.2) is 4.98 Å². The molecule has 1 aliphatic heterocycles. The Hall–Kier alpha value is -1.37. The zero-order valence-corrected chi connectivity index (χ0v) is 12.9. The van der Waals surface area contributed by atoms with Crippen molar-refractivity contribution in [2.45, 2.75) is 13.0 Å². The predicted molar refractivity (Wildman–Crippen MR) is 78.8 cm³/mol. The second kappa shape index (κ2) is 6.60. The van der Waals surface area contributed by atoms with Crippen molar-refractivity contribution in [3.63, 3.8) is 0 Å². The van der Waals surface area contributed by atoms with Crippen LogP contribution < -0.4 is 0 Å². The molecule has 1 N–H and O–H groups in total. The summed E-state index contributed by atoms with van der Waals surface area (Å²) in [5.41, 5.74) is 0.306. The maximum Gasteiger partial charge on any atom is 0.320 e. The number of piperazine rings is 1. The highest BCUT2D eigenvalue weighted by Crippen LogP contribution is 2.19. The van der Waals surface area contributed by atoms with E-state index >= 15 is 0 Å². The number of pyridine rings is 1. The lowest BCUT2D eigenvalue weighted by Crippen LogP contribution is -2.53. The first-order valence-electron chi connectivity index (χ1n) is 6.48. The zero-order valence-electron chi connectivity index (χ0n) is 11.4.